The Morgan fingerprint density at radius 1 is 1.38 bits per heavy atom. The first-order valence-corrected chi connectivity index (χ1v) is 8.82. The molecule has 1 saturated carbocycles. The Morgan fingerprint density at radius 3 is 2.75 bits per heavy atom. The molecule has 2 aliphatic rings. The molecule has 1 saturated heterocycles. The monoisotopic (exact) mass is 338 g/mol. The van der Waals surface area contributed by atoms with E-state index >= 15 is 0 Å². The highest BCUT2D eigenvalue weighted by atomic mass is 19.1. The van der Waals surface area contributed by atoms with Gasteiger partial charge in [0.1, 0.15) is 23.5 Å². The van der Waals surface area contributed by atoms with E-state index in [0.717, 1.165) is 31.7 Å². The van der Waals surface area contributed by atoms with Crippen LogP contribution in [0, 0.1) is 17.0 Å². The summed E-state index contributed by atoms with van der Waals surface area (Å²) < 4.78 is 39.4. The Bertz CT molecular complexity index is 592. The van der Waals surface area contributed by atoms with Gasteiger partial charge in [-0.05, 0) is 44.6 Å². The van der Waals surface area contributed by atoms with Crippen molar-refractivity contribution in [3.8, 4) is 0 Å². The number of hydrogen-bond donors (Lipinski definition) is 0. The Balaban J connectivity index is 1.90. The minimum Gasteiger partial charge on any atom is -0.353 e. The number of rotatable bonds is 7. The largest absolute Gasteiger partial charge is 0.353 e. The summed E-state index contributed by atoms with van der Waals surface area (Å²) in [6.45, 7) is 2.56. The maximum absolute atomic E-state index is 14.4. The lowest BCUT2D eigenvalue weighted by Gasteiger charge is -2.32. The van der Waals surface area contributed by atoms with Crippen LogP contribution in [0.4, 0.5) is 8.78 Å². The molecule has 2 atom stereocenters. The lowest BCUT2D eigenvalue weighted by Crippen LogP contribution is -2.32. The van der Waals surface area contributed by atoms with E-state index in [-0.39, 0.29) is 11.3 Å². The quantitative estimate of drug-likeness (QED) is 0.723. The molecule has 1 heterocycles. The fourth-order valence-electron chi connectivity index (χ4n) is 3.48. The number of halogens is 2. The number of carbonyl (C=O) groups is 1. The molecule has 0 bridgehead atoms. The van der Waals surface area contributed by atoms with Crippen LogP contribution < -0.4 is 0 Å². The smallest absolute Gasteiger partial charge is 0.158 e. The number of benzene rings is 1. The third-order valence-corrected chi connectivity index (χ3v) is 4.99. The second-order valence-corrected chi connectivity index (χ2v) is 6.81. The minimum absolute atomic E-state index is 0.106. The first kappa shape index (κ1) is 17.5. The predicted octanol–water partition coefficient (Wildman–Crippen LogP) is 4.70. The Morgan fingerprint density at radius 2 is 2.17 bits per heavy atom. The van der Waals surface area contributed by atoms with E-state index in [0.29, 0.717) is 25.9 Å². The predicted molar refractivity (Wildman–Crippen MR) is 85.4 cm³/mol. The zero-order valence-electron chi connectivity index (χ0n) is 14.0. The maximum atomic E-state index is 14.4. The molecule has 0 spiro atoms. The maximum Gasteiger partial charge on any atom is 0.158 e. The van der Waals surface area contributed by atoms with Crippen molar-refractivity contribution in [3.63, 3.8) is 0 Å². The Hall–Kier alpha value is -1.33. The van der Waals surface area contributed by atoms with E-state index < -0.39 is 29.4 Å². The SMILES string of the molecule is CCCC(=O)C1(C(OC2CCCCO2)c2ccc(F)cc2F)CC1. The molecular formula is C19H24F2O3. The summed E-state index contributed by atoms with van der Waals surface area (Å²) >= 11 is 0. The summed E-state index contributed by atoms with van der Waals surface area (Å²) in [5.41, 5.74) is -0.428. The molecule has 0 amide bonds. The molecular weight excluding hydrogens is 314 g/mol. The van der Waals surface area contributed by atoms with Gasteiger partial charge in [-0.1, -0.05) is 13.0 Å². The number of carbonyl (C=O) groups excluding carboxylic acids is 1. The van der Waals surface area contributed by atoms with Crippen LogP contribution in [0.25, 0.3) is 0 Å². The van der Waals surface area contributed by atoms with Gasteiger partial charge in [-0.2, -0.15) is 0 Å². The summed E-state index contributed by atoms with van der Waals surface area (Å²) in [7, 11) is 0. The van der Waals surface area contributed by atoms with Crippen LogP contribution in [0.1, 0.15) is 63.5 Å². The first-order valence-electron chi connectivity index (χ1n) is 8.82. The molecule has 1 aliphatic carbocycles. The van der Waals surface area contributed by atoms with Crippen molar-refractivity contribution in [3.05, 3.63) is 35.4 Å². The van der Waals surface area contributed by atoms with E-state index in [2.05, 4.69) is 0 Å². The average molecular weight is 338 g/mol. The second kappa shape index (κ2) is 7.28. The molecule has 2 unspecified atom stereocenters. The van der Waals surface area contributed by atoms with Gasteiger partial charge >= 0.3 is 0 Å². The molecule has 1 aromatic rings. The highest BCUT2D eigenvalue weighted by molar-refractivity contribution is 5.88. The van der Waals surface area contributed by atoms with Gasteiger partial charge in [-0.3, -0.25) is 4.79 Å². The summed E-state index contributed by atoms with van der Waals surface area (Å²) in [5, 5.41) is 0. The van der Waals surface area contributed by atoms with Crippen LogP contribution in [0.5, 0.6) is 0 Å². The number of ketones is 1. The van der Waals surface area contributed by atoms with E-state index in [4.69, 9.17) is 9.47 Å². The fraction of sp³-hybridized carbons (Fsp3) is 0.632. The lowest BCUT2D eigenvalue weighted by molar-refractivity contribution is -0.205. The number of hydrogen-bond acceptors (Lipinski definition) is 3. The summed E-state index contributed by atoms with van der Waals surface area (Å²) in [4.78, 5) is 12.6. The lowest BCUT2D eigenvalue weighted by atomic mass is 9.86. The Kier molecular flexibility index (Phi) is 5.30. The van der Waals surface area contributed by atoms with Gasteiger partial charge in [0.25, 0.3) is 0 Å². The average Bonchev–Trinajstić information content (AvgIpc) is 3.36. The van der Waals surface area contributed by atoms with Crippen molar-refractivity contribution in [1.29, 1.82) is 0 Å². The summed E-state index contributed by atoms with van der Waals surface area (Å²) in [5.74, 6) is -1.19. The van der Waals surface area contributed by atoms with E-state index in [1.807, 2.05) is 6.92 Å². The molecule has 1 aromatic carbocycles. The third-order valence-electron chi connectivity index (χ3n) is 4.99. The van der Waals surface area contributed by atoms with Crippen LogP contribution in [0.3, 0.4) is 0 Å². The van der Waals surface area contributed by atoms with Gasteiger partial charge in [0, 0.05) is 24.7 Å². The van der Waals surface area contributed by atoms with Gasteiger partial charge in [0.05, 0.1) is 5.41 Å². The molecule has 24 heavy (non-hydrogen) atoms. The van der Waals surface area contributed by atoms with E-state index in [9.17, 15) is 13.6 Å². The molecule has 0 radical (unpaired) electrons. The van der Waals surface area contributed by atoms with Gasteiger partial charge < -0.3 is 9.47 Å². The van der Waals surface area contributed by atoms with E-state index in [1.165, 1.54) is 12.1 Å². The molecule has 3 nitrogen and oxygen atoms in total. The molecule has 3 rings (SSSR count). The Labute approximate surface area is 141 Å². The number of ether oxygens (including phenoxy) is 2. The van der Waals surface area contributed by atoms with Crippen LogP contribution in [-0.2, 0) is 14.3 Å². The molecule has 0 aromatic heterocycles. The highest BCUT2D eigenvalue weighted by Crippen LogP contribution is 2.58. The topological polar surface area (TPSA) is 35.5 Å². The van der Waals surface area contributed by atoms with Crippen molar-refractivity contribution >= 4 is 5.78 Å². The standard InChI is InChI=1S/C19H24F2O3/c1-2-5-16(22)19(9-10-19)18(24-17-6-3-4-11-23-17)14-8-7-13(20)12-15(14)21/h7-8,12,17-18H,2-6,9-11H2,1H3. The first-order chi connectivity index (χ1) is 11.6. The molecule has 5 heteroatoms. The van der Waals surface area contributed by atoms with Crippen LogP contribution in [0.2, 0.25) is 0 Å². The van der Waals surface area contributed by atoms with Crippen molar-refractivity contribution in [1.82, 2.24) is 0 Å². The van der Waals surface area contributed by atoms with Crippen molar-refractivity contribution in [2.75, 3.05) is 6.61 Å². The summed E-state index contributed by atoms with van der Waals surface area (Å²) in [6.07, 6.45) is 4.12. The van der Waals surface area contributed by atoms with E-state index in [1.54, 1.807) is 0 Å². The second-order valence-electron chi connectivity index (χ2n) is 6.81. The summed E-state index contributed by atoms with van der Waals surface area (Å²) in [6, 6.07) is 3.47. The van der Waals surface area contributed by atoms with Crippen molar-refractivity contribution < 1.29 is 23.0 Å². The van der Waals surface area contributed by atoms with Crippen molar-refractivity contribution in [2.24, 2.45) is 5.41 Å². The van der Waals surface area contributed by atoms with Gasteiger partial charge in [0.15, 0.2) is 6.29 Å². The molecule has 0 N–H and O–H groups in total. The van der Waals surface area contributed by atoms with Crippen LogP contribution >= 0.6 is 0 Å². The zero-order chi connectivity index (χ0) is 17.2. The normalized spacial score (nSPS) is 23.7. The third kappa shape index (κ3) is 3.52. The van der Waals surface area contributed by atoms with Gasteiger partial charge in [-0.15, -0.1) is 0 Å². The minimum atomic E-state index is -0.708. The van der Waals surface area contributed by atoms with Crippen LogP contribution in [0.15, 0.2) is 18.2 Å². The van der Waals surface area contributed by atoms with Gasteiger partial charge in [0.2, 0.25) is 0 Å². The highest BCUT2D eigenvalue weighted by Gasteiger charge is 2.57. The van der Waals surface area contributed by atoms with Gasteiger partial charge in [-0.25, -0.2) is 8.78 Å². The van der Waals surface area contributed by atoms with Crippen molar-refractivity contribution in [2.45, 2.75) is 64.3 Å². The van der Waals surface area contributed by atoms with Crippen LogP contribution in [-0.4, -0.2) is 18.7 Å². The number of Topliss-reactive ketones (excluding diaryl/α,β-unsaturated/α-hetero) is 1. The fourth-order valence-corrected chi connectivity index (χ4v) is 3.48. The molecule has 1 aliphatic heterocycles. The molecule has 132 valence electrons. The zero-order valence-corrected chi connectivity index (χ0v) is 14.0. The molecule has 2 fully saturated rings.